The van der Waals surface area contributed by atoms with Gasteiger partial charge in [-0.15, -0.1) is 12.4 Å². The molecule has 0 bridgehead atoms. The smallest absolute Gasteiger partial charge is 0.232 e. The Morgan fingerprint density at radius 2 is 1.89 bits per heavy atom. The van der Waals surface area contributed by atoms with E-state index in [9.17, 15) is 4.79 Å². The Balaban J connectivity index is 0.00000280. The SMILES string of the molecule is CN(C)CCN(C(=O)CCOc1ccccc1)c1nc2ccc(Cl)cc2s1.Cl. The number of likely N-dealkylation sites (N-methyl/N-ethyl adjacent to an activating group) is 1. The number of nitrogens with zero attached hydrogens (tertiary/aromatic N) is 3. The fourth-order valence-electron chi connectivity index (χ4n) is 2.54. The number of ether oxygens (including phenoxy) is 1. The Morgan fingerprint density at radius 1 is 1.14 bits per heavy atom. The number of fused-ring (bicyclic) bond motifs is 1. The molecule has 1 heterocycles. The number of para-hydroxylation sites is 1. The number of hydrogen-bond donors (Lipinski definition) is 0. The fraction of sp³-hybridized carbons (Fsp3) is 0.300. The molecule has 0 atom stereocenters. The van der Waals surface area contributed by atoms with Crippen LogP contribution < -0.4 is 9.64 Å². The van der Waals surface area contributed by atoms with Gasteiger partial charge in [-0.2, -0.15) is 0 Å². The van der Waals surface area contributed by atoms with E-state index in [1.807, 2.05) is 67.5 Å². The first-order valence-corrected chi connectivity index (χ1v) is 9.91. The molecule has 0 saturated carbocycles. The summed E-state index contributed by atoms with van der Waals surface area (Å²) in [6, 6.07) is 15.1. The van der Waals surface area contributed by atoms with Gasteiger partial charge in [0, 0.05) is 18.1 Å². The molecule has 3 aromatic rings. The molecule has 2 aromatic carbocycles. The minimum absolute atomic E-state index is 0. The molecule has 0 aliphatic rings. The van der Waals surface area contributed by atoms with Crippen LogP contribution in [-0.2, 0) is 4.79 Å². The van der Waals surface area contributed by atoms with Gasteiger partial charge in [0.15, 0.2) is 5.13 Å². The third kappa shape index (κ3) is 6.07. The molecule has 0 unspecified atom stereocenters. The maximum atomic E-state index is 12.9. The Hall–Kier alpha value is -1.86. The lowest BCUT2D eigenvalue weighted by Crippen LogP contribution is -2.37. The lowest BCUT2D eigenvalue weighted by Gasteiger charge is -2.22. The molecule has 8 heteroatoms. The van der Waals surface area contributed by atoms with Crippen LogP contribution in [0.5, 0.6) is 5.75 Å². The Bertz CT molecular complexity index is 903. The molecular formula is C20H23Cl2N3O2S. The second-order valence-corrected chi connectivity index (χ2v) is 7.81. The summed E-state index contributed by atoms with van der Waals surface area (Å²) >= 11 is 7.55. The largest absolute Gasteiger partial charge is 0.493 e. The molecule has 3 rings (SSSR count). The van der Waals surface area contributed by atoms with Crippen molar-refractivity contribution in [3.8, 4) is 5.75 Å². The molecule has 5 nitrogen and oxygen atoms in total. The van der Waals surface area contributed by atoms with Crippen LogP contribution in [0.1, 0.15) is 6.42 Å². The van der Waals surface area contributed by atoms with Crippen molar-refractivity contribution in [2.45, 2.75) is 6.42 Å². The highest BCUT2D eigenvalue weighted by molar-refractivity contribution is 7.22. The van der Waals surface area contributed by atoms with Gasteiger partial charge in [-0.1, -0.05) is 41.1 Å². The molecule has 0 spiro atoms. The summed E-state index contributed by atoms with van der Waals surface area (Å²) in [4.78, 5) is 21.3. The van der Waals surface area contributed by atoms with E-state index >= 15 is 0 Å². The van der Waals surface area contributed by atoms with Crippen molar-refractivity contribution >= 4 is 56.6 Å². The third-order valence-electron chi connectivity index (χ3n) is 3.97. The van der Waals surface area contributed by atoms with E-state index < -0.39 is 0 Å². The van der Waals surface area contributed by atoms with Gasteiger partial charge in [0.1, 0.15) is 5.75 Å². The van der Waals surface area contributed by atoms with Gasteiger partial charge in [-0.25, -0.2) is 4.98 Å². The van der Waals surface area contributed by atoms with E-state index in [0.29, 0.717) is 29.7 Å². The summed E-state index contributed by atoms with van der Waals surface area (Å²) in [5.74, 6) is 0.762. The lowest BCUT2D eigenvalue weighted by molar-refractivity contribution is -0.119. The van der Waals surface area contributed by atoms with Crippen LogP contribution >= 0.6 is 35.3 Å². The quantitative estimate of drug-likeness (QED) is 0.508. The Kier molecular flexibility index (Phi) is 8.51. The number of carbonyl (C=O) groups excluding carboxylic acids is 1. The maximum Gasteiger partial charge on any atom is 0.232 e. The molecule has 1 amide bonds. The highest BCUT2D eigenvalue weighted by atomic mass is 35.5. The van der Waals surface area contributed by atoms with Crippen molar-refractivity contribution in [2.24, 2.45) is 0 Å². The normalized spacial score (nSPS) is 10.7. The minimum atomic E-state index is -0.00191. The van der Waals surface area contributed by atoms with Crippen LogP contribution in [0, 0.1) is 0 Å². The van der Waals surface area contributed by atoms with Gasteiger partial charge >= 0.3 is 0 Å². The molecular weight excluding hydrogens is 417 g/mol. The van der Waals surface area contributed by atoms with E-state index in [4.69, 9.17) is 16.3 Å². The highest BCUT2D eigenvalue weighted by Gasteiger charge is 2.20. The summed E-state index contributed by atoms with van der Waals surface area (Å²) in [5.41, 5.74) is 0.850. The van der Waals surface area contributed by atoms with E-state index in [1.165, 1.54) is 11.3 Å². The van der Waals surface area contributed by atoms with Crippen LogP contribution in [0.3, 0.4) is 0 Å². The fourth-order valence-corrected chi connectivity index (χ4v) is 3.82. The summed E-state index contributed by atoms with van der Waals surface area (Å²) in [6.07, 6.45) is 0.291. The first-order valence-electron chi connectivity index (χ1n) is 8.72. The van der Waals surface area contributed by atoms with E-state index in [0.717, 1.165) is 22.5 Å². The zero-order valence-electron chi connectivity index (χ0n) is 15.8. The van der Waals surface area contributed by atoms with Gasteiger partial charge in [0.2, 0.25) is 5.91 Å². The van der Waals surface area contributed by atoms with Gasteiger partial charge in [-0.3, -0.25) is 9.69 Å². The number of halogens is 2. The highest BCUT2D eigenvalue weighted by Crippen LogP contribution is 2.31. The third-order valence-corrected chi connectivity index (χ3v) is 5.25. The number of benzene rings is 2. The zero-order chi connectivity index (χ0) is 19.2. The Morgan fingerprint density at radius 3 is 2.61 bits per heavy atom. The number of carbonyl (C=O) groups is 1. The average Bonchev–Trinajstić information content (AvgIpc) is 3.05. The summed E-state index contributed by atoms with van der Waals surface area (Å²) in [6.45, 7) is 1.66. The molecule has 0 N–H and O–H groups in total. The van der Waals surface area contributed by atoms with Crippen LogP contribution in [0.15, 0.2) is 48.5 Å². The van der Waals surface area contributed by atoms with Crippen molar-refractivity contribution in [1.29, 1.82) is 0 Å². The number of aromatic nitrogens is 1. The van der Waals surface area contributed by atoms with Crippen LogP contribution in [0.25, 0.3) is 10.2 Å². The molecule has 0 fully saturated rings. The topological polar surface area (TPSA) is 45.7 Å². The monoisotopic (exact) mass is 439 g/mol. The van der Waals surface area contributed by atoms with Crippen LogP contribution in [-0.4, -0.2) is 49.6 Å². The average molecular weight is 440 g/mol. The summed E-state index contributed by atoms with van der Waals surface area (Å²) in [7, 11) is 3.97. The standard InChI is InChI=1S/C20H22ClN3O2S.ClH/c1-23(2)11-12-24(19(25)10-13-26-16-6-4-3-5-7-16)20-22-17-9-8-15(21)14-18(17)27-20;/h3-9,14H,10-13H2,1-2H3;1H. The van der Waals surface area contributed by atoms with Gasteiger partial charge in [0.05, 0.1) is 23.2 Å². The molecule has 0 saturated heterocycles. The number of anilines is 1. The maximum absolute atomic E-state index is 12.9. The molecule has 0 aliphatic carbocycles. The second kappa shape index (κ2) is 10.6. The summed E-state index contributed by atoms with van der Waals surface area (Å²) in [5, 5.41) is 1.36. The lowest BCUT2D eigenvalue weighted by atomic mass is 10.3. The van der Waals surface area contributed by atoms with Crippen LogP contribution in [0.2, 0.25) is 5.02 Å². The van der Waals surface area contributed by atoms with Gasteiger partial charge in [-0.05, 0) is 44.4 Å². The molecule has 0 aliphatic heterocycles. The number of hydrogen-bond acceptors (Lipinski definition) is 5. The van der Waals surface area contributed by atoms with Crippen molar-refractivity contribution in [3.63, 3.8) is 0 Å². The molecule has 1 aromatic heterocycles. The van der Waals surface area contributed by atoms with Gasteiger partial charge in [0.25, 0.3) is 0 Å². The van der Waals surface area contributed by atoms with Crippen molar-refractivity contribution in [3.05, 3.63) is 53.6 Å². The molecule has 0 radical (unpaired) electrons. The first-order chi connectivity index (χ1) is 13.0. The van der Waals surface area contributed by atoms with Crippen molar-refractivity contribution < 1.29 is 9.53 Å². The van der Waals surface area contributed by atoms with Crippen molar-refractivity contribution in [2.75, 3.05) is 38.7 Å². The Labute approximate surface area is 180 Å². The predicted molar refractivity (Wildman–Crippen MR) is 119 cm³/mol. The minimum Gasteiger partial charge on any atom is -0.493 e. The number of rotatable bonds is 8. The summed E-state index contributed by atoms with van der Waals surface area (Å²) < 4.78 is 6.64. The number of amides is 1. The number of thiazole rings is 1. The molecule has 28 heavy (non-hydrogen) atoms. The molecule has 150 valence electrons. The van der Waals surface area contributed by atoms with Crippen molar-refractivity contribution in [1.82, 2.24) is 9.88 Å². The zero-order valence-corrected chi connectivity index (χ0v) is 18.2. The van der Waals surface area contributed by atoms with E-state index in [1.54, 1.807) is 4.90 Å². The second-order valence-electron chi connectivity index (χ2n) is 6.37. The van der Waals surface area contributed by atoms with Gasteiger partial charge < -0.3 is 9.64 Å². The predicted octanol–water partition coefficient (Wildman–Crippen LogP) is 4.74. The van der Waals surface area contributed by atoms with E-state index in [2.05, 4.69) is 4.98 Å². The van der Waals surface area contributed by atoms with E-state index in [-0.39, 0.29) is 18.3 Å². The first kappa shape index (κ1) is 22.4. The van der Waals surface area contributed by atoms with Crippen LogP contribution in [0.4, 0.5) is 5.13 Å².